The molecular weight excluding hydrogens is 603 g/mol. The molecule has 2 heterocycles. The van der Waals surface area contributed by atoms with E-state index in [1.165, 1.54) is 0 Å². The maximum absolute atomic E-state index is 13.2. The number of carbonyl (C=O) groups is 1. The fourth-order valence-corrected chi connectivity index (χ4v) is 5.91. The Balaban J connectivity index is 1.89. The van der Waals surface area contributed by atoms with Crippen LogP contribution in [0.4, 0.5) is 22.0 Å². The smallest absolute Gasteiger partial charge is 0.391 e. The highest BCUT2D eigenvalue weighted by molar-refractivity contribution is 7.91. The number of hydrogen-bond acceptors (Lipinski definition) is 8. The van der Waals surface area contributed by atoms with Gasteiger partial charge >= 0.3 is 12.8 Å². The number of pyridine rings is 1. The highest BCUT2D eigenvalue weighted by Crippen LogP contribution is 2.34. The van der Waals surface area contributed by atoms with Crippen LogP contribution in [0.15, 0.2) is 12.3 Å². The van der Waals surface area contributed by atoms with Crippen molar-refractivity contribution < 1.29 is 50.1 Å². The van der Waals surface area contributed by atoms with Gasteiger partial charge in [0, 0.05) is 25.4 Å². The zero-order valence-corrected chi connectivity index (χ0v) is 23.8. The van der Waals surface area contributed by atoms with Crippen LogP contribution in [0.2, 0.25) is 5.15 Å². The van der Waals surface area contributed by atoms with E-state index in [0.717, 1.165) is 30.0 Å². The number of nitrogens with one attached hydrogen (secondary N) is 1. The highest BCUT2D eigenvalue weighted by Gasteiger charge is 2.44. The van der Waals surface area contributed by atoms with Crippen molar-refractivity contribution in [2.45, 2.75) is 75.7 Å². The summed E-state index contributed by atoms with van der Waals surface area (Å²) >= 11 is 6.41. The van der Waals surface area contributed by atoms with E-state index in [2.05, 4.69) is 20.0 Å². The van der Waals surface area contributed by atoms with Crippen LogP contribution in [0.1, 0.15) is 55.0 Å². The second-order valence-electron chi connectivity index (χ2n) is 10.1. The van der Waals surface area contributed by atoms with Gasteiger partial charge in [-0.05, 0) is 37.3 Å². The molecule has 3 N–H and O–H groups in total. The lowest BCUT2D eigenvalue weighted by molar-refractivity contribution is -0.169. The Labute approximate surface area is 237 Å². The summed E-state index contributed by atoms with van der Waals surface area (Å²) in [5, 5.41) is 22.4. The lowest BCUT2D eigenvalue weighted by atomic mass is 9.82. The number of sulfone groups is 1. The lowest BCUT2D eigenvalue weighted by Gasteiger charge is -2.39. The summed E-state index contributed by atoms with van der Waals surface area (Å²) in [6.07, 6.45) is -4.61. The predicted octanol–water partition coefficient (Wildman–Crippen LogP) is 3.24. The topological polar surface area (TPSA) is 144 Å². The Morgan fingerprint density at radius 3 is 2.56 bits per heavy atom. The summed E-state index contributed by atoms with van der Waals surface area (Å²) in [7, 11) is -3.45. The number of ether oxygens (including phenoxy) is 1. The molecule has 0 aromatic carbocycles. The fraction of sp³-hybridized carbons (Fsp3) is 0.625. The van der Waals surface area contributed by atoms with Gasteiger partial charge in [-0.1, -0.05) is 25.4 Å². The molecule has 41 heavy (non-hydrogen) atoms. The second kappa shape index (κ2) is 12.4. The first-order chi connectivity index (χ1) is 18.9. The Bertz CT molecular complexity index is 1370. The summed E-state index contributed by atoms with van der Waals surface area (Å²) in [6, 6.07) is 0.982. The largest absolute Gasteiger partial charge is 0.431 e. The van der Waals surface area contributed by atoms with Crippen LogP contribution in [0.5, 0.6) is 5.75 Å². The van der Waals surface area contributed by atoms with Crippen LogP contribution in [0.25, 0.3) is 5.82 Å². The Morgan fingerprint density at radius 2 is 2.02 bits per heavy atom. The van der Waals surface area contributed by atoms with E-state index >= 15 is 0 Å². The van der Waals surface area contributed by atoms with Crippen molar-refractivity contribution >= 4 is 27.3 Å². The molecule has 1 aliphatic carbocycles. The minimum atomic E-state index is -4.52. The van der Waals surface area contributed by atoms with Crippen molar-refractivity contribution in [2.75, 3.05) is 12.8 Å². The monoisotopic (exact) mass is 632 g/mol. The van der Waals surface area contributed by atoms with Gasteiger partial charge < -0.3 is 20.3 Å². The minimum absolute atomic E-state index is 0.0288. The molecule has 0 spiro atoms. The number of aryl methyl sites for hydroxylation is 1. The van der Waals surface area contributed by atoms with Crippen molar-refractivity contribution in [1.29, 1.82) is 0 Å². The van der Waals surface area contributed by atoms with Gasteiger partial charge in [0.2, 0.25) is 0 Å². The van der Waals surface area contributed by atoms with Crippen LogP contribution in [0.3, 0.4) is 0 Å². The SMILES string of the molecule is CCc1nc(C(=O)NC[C@@]2(O)CC[C@H](S(C)(=O)=O)C[C@@H]2O)c(Cl)n1-c1ncc(CC(C)C(F)(F)F)cc1OC(F)F. The molecule has 17 heteroatoms. The molecule has 0 aliphatic heterocycles. The molecule has 2 aromatic rings. The summed E-state index contributed by atoms with van der Waals surface area (Å²) in [6.45, 7) is -1.28. The number of hydrogen-bond donors (Lipinski definition) is 3. The number of amides is 1. The Hall–Kier alpha value is -2.56. The molecule has 3 rings (SSSR count). The third-order valence-electron chi connectivity index (χ3n) is 7.01. The minimum Gasteiger partial charge on any atom is -0.431 e. The van der Waals surface area contributed by atoms with Crippen LogP contribution in [-0.4, -0.2) is 81.6 Å². The van der Waals surface area contributed by atoms with Gasteiger partial charge in [-0.15, -0.1) is 0 Å². The average molecular weight is 633 g/mol. The summed E-state index contributed by atoms with van der Waals surface area (Å²) in [5.41, 5.74) is -2.24. The number of alkyl halides is 5. The van der Waals surface area contributed by atoms with Gasteiger partial charge in [0.25, 0.3) is 5.91 Å². The first kappa shape index (κ1) is 32.9. The summed E-state index contributed by atoms with van der Waals surface area (Å²) in [4.78, 5) is 21.1. The van der Waals surface area contributed by atoms with Crippen molar-refractivity contribution in [3.8, 4) is 11.6 Å². The molecule has 0 bridgehead atoms. The highest BCUT2D eigenvalue weighted by atomic mass is 35.5. The average Bonchev–Trinajstić information content (AvgIpc) is 3.19. The number of aliphatic hydroxyl groups is 2. The van der Waals surface area contributed by atoms with E-state index in [1.807, 2.05) is 0 Å². The van der Waals surface area contributed by atoms with Gasteiger partial charge in [-0.25, -0.2) is 18.4 Å². The van der Waals surface area contributed by atoms with Gasteiger partial charge in [0.05, 0.1) is 17.3 Å². The number of nitrogens with zero attached hydrogens (tertiary/aromatic N) is 3. The first-order valence-electron chi connectivity index (χ1n) is 12.5. The number of imidazole rings is 1. The van der Waals surface area contributed by atoms with E-state index in [0.29, 0.717) is 0 Å². The predicted molar refractivity (Wildman–Crippen MR) is 137 cm³/mol. The Kier molecular flexibility index (Phi) is 9.93. The van der Waals surface area contributed by atoms with Gasteiger partial charge in [0.1, 0.15) is 26.4 Å². The second-order valence-corrected chi connectivity index (χ2v) is 12.8. The molecule has 10 nitrogen and oxygen atoms in total. The molecule has 1 amide bonds. The van der Waals surface area contributed by atoms with Gasteiger partial charge in [-0.2, -0.15) is 22.0 Å². The number of halogens is 6. The van der Waals surface area contributed by atoms with Crippen molar-refractivity contribution in [2.24, 2.45) is 5.92 Å². The van der Waals surface area contributed by atoms with E-state index in [-0.39, 0.29) is 53.7 Å². The van der Waals surface area contributed by atoms with Crippen LogP contribution >= 0.6 is 11.6 Å². The lowest BCUT2D eigenvalue weighted by Crippen LogP contribution is -2.56. The first-order valence-corrected chi connectivity index (χ1v) is 14.9. The van der Waals surface area contributed by atoms with Gasteiger partial charge in [-0.3, -0.25) is 9.36 Å². The van der Waals surface area contributed by atoms with Gasteiger partial charge in [0.15, 0.2) is 17.3 Å². The van der Waals surface area contributed by atoms with Crippen LogP contribution in [0, 0.1) is 5.92 Å². The van der Waals surface area contributed by atoms with Crippen molar-refractivity contribution in [3.63, 3.8) is 0 Å². The summed E-state index contributed by atoms with van der Waals surface area (Å²) < 4.78 is 94.7. The molecule has 230 valence electrons. The molecule has 4 atom stereocenters. The number of aliphatic hydroxyl groups excluding tert-OH is 1. The zero-order chi connectivity index (χ0) is 30.9. The normalized spacial score (nSPS) is 22.5. The Morgan fingerprint density at radius 1 is 1.37 bits per heavy atom. The van der Waals surface area contributed by atoms with E-state index < -0.39 is 70.1 Å². The quantitative estimate of drug-likeness (QED) is 0.339. The molecule has 0 radical (unpaired) electrons. The number of rotatable bonds is 10. The third kappa shape index (κ3) is 7.64. The van der Waals surface area contributed by atoms with E-state index in [9.17, 15) is 45.4 Å². The molecule has 1 fully saturated rings. The molecule has 1 aliphatic rings. The van der Waals surface area contributed by atoms with Crippen molar-refractivity contribution in [1.82, 2.24) is 19.9 Å². The van der Waals surface area contributed by atoms with Crippen molar-refractivity contribution in [3.05, 3.63) is 34.5 Å². The summed E-state index contributed by atoms with van der Waals surface area (Å²) in [5.74, 6) is -3.54. The fourth-order valence-electron chi connectivity index (χ4n) is 4.53. The van der Waals surface area contributed by atoms with E-state index in [4.69, 9.17) is 11.6 Å². The molecule has 1 saturated carbocycles. The molecule has 2 aromatic heterocycles. The van der Waals surface area contributed by atoms with Crippen LogP contribution < -0.4 is 10.1 Å². The number of aromatic nitrogens is 3. The molecule has 0 saturated heterocycles. The maximum atomic E-state index is 13.2. The molecular formula is C24H30ClF5N4O6S. The zero-order valence-electron chi connectivity index (χ0n) is 22.3. The standard InChI is InChI=1S/C24H30ClF5N4O6S/c1-4-17-33-18(21(36)32-11-23(37)6-5-14(9-16(23)35)41(3,38)39)19(25)34(17)20-15(40-22(26)27)8-13(10-31-20)7-12(2)24(28,29)30/h8,10,12,14,16,22,35,37H,4-7,9,11H2,1-3H3,(H,32,36)/t12?,14-,16-,23-/m0/s1. The third-order valence-corrected chi connectivity index (χ3v) is 8.99. The number of carbonyl (C=O) groups excluding carboxylic acids is 1. The van der Waals surface area contributed by atoms with Crippen LogP contribution in [-0.2, 0) is 22.7 Å². The molecule has 1 unspecified atom stereocenters. The maximum Gasteiger partial charge on any atom is 0.391 e. The van der Waals surface area contributed by atoms with E-state index in [1.54, 1.807) is 6.92 Å².